The second-order valence-corrected chi connectivity index (χ2v) is 10.9. The quantitative estimate of drug-likeness (QED) is 0.209. The minimum Gasteiger partial charge on any atom is -0.494 e. The van der Waals surface area contributed by atoms with Crippen LogP contribution >= 0.6 is 0 Å². The number of hydrogen-bond acceptors (Lipinski definition) is 4. The molecule has 1 N–H and O–H groups in total. The molecule has 1 aliphatic heterocycles. The second-order valence-electron chi connectivity index (χ2n) is 10.9. The van der Waals surface area contributed by atoms with Crippen molar-refractivity contribution in [3.05, 3.63) is 87.7 Å². The standard InChI is InChI=1S/C25H35NO2.C11H14FNO.C2H6/c1-6-13-28-22-11-9-20(10-12-22)24-16-21(17-26(24)7-2)23-14-19(5)25(27-8-3)15-18(23)4;1-3-8-5-10(12)6-9(4-2)11(8)13-7-14;1-2/h9-12,14-15,21,24H,6-8,13,16-17H2,1-5H3;5-7H,3-4H2,1-2H3,(H,13,14);1-2H3. The molecule has 44 heavy (non-hydrogen) atoms. The first-order valence-electron chi connectivity index (χ1n) is 16.5. The molecule has 0 spiro atoms. The highest BCUT2D eigenvalue weighted by Gasteiger charge is 2.33. The summed E-state index contributed by atoms with van der Waals surface area (Å²) in [6.45, 7) is 22.4. The van der Waals surface area contributed by atoms with Crippen molar-refractivity contribution in [2.45, 2.75) is 100.0 Å². The number of aryl methyl sites for hydroxylation is 4. The summed E-state index contributed by atoms with van der Waals surface area (Å²) in [6, 6.07) is 16.7. The normalized spacial score (nSPS) is 15.9. The highest BCUT2D eigenvalue weighted by atomic mass is 19.1. The molecule has 1 fully saturated rings. The van der Waals surface area contributed by atoms with Crippen LogP contribution in [0.25, 0.3) is 0 Å². The maximum atomic E-state index is 13.1. The number of nitrogens with one attached hydrogen (secondary N) is 1. The van der Waals surface area contributed by atoms with Gasteiger partial charge in [0.05, 0.1) is 13.2 Å². The van der Waals surface area contributed by atoms with Gasteiger partial charge in [-0.25, -0.2) is 4.39 Å². The van der Waals surface area contributed by atoms with Crippen molar-refractivity contribution in [3.8, 4) is 11.5 Å². The topological polar surface area (TPSA) is 50.8 Å². The number of likely N-dealkylation sites (tertiary alicyclic amines) is 1. The fraction of sp³-hybridized carbons (Fsp3) is 0.500. The molecule has 3 aromatic rings. The third-order valence-electron chi connectivity index (χ3n) is 8.08. The molecule has 1 amide bonds. The van der Waals surface area contributed by atoms with E-state index >= 15 is 0 Å². The zero-order valence-corrected chi connectivity index (χ0v) is 28.6. The largest absolute Gasteiger partial charge is 0.494 e. The summed E-state index contributed by atoms with van der Waals surface area (Å²) >= 11 is 0. The summed E-state index contributed by atoms with van der Waals surface area (Å²) < 4.78 is 24.6. The highest BCUT2D eigenvalue weighted by Crippen LogP contribution is 2.42. The molecule has 0 aromatic heterocycles. The molecule has 6 heteroatoms. The number of benzene rings is 3. The van der Waals surface area contributed by atoms with Crippen molar-refractivity contribution < 1.29 is 18.7 Å². The monoisotopic (exact) mass is 606 g/mol. The number of amides is 1. The van der Waals surface area contributed by atoms with Crippen LogP contribution in [0, 0.1) is 19.7 Å². The number of carbonyl (C=O) groups excluding carboxylic acids is 1. The second kappa shape index (κ2) is 19.1. The first kappa shape index (κ1) is 36.8. The number of anilines is 1. The van der Waals surface area contributed by atoms with Crippen LogP contribution in [0.1, 0.15) is 107 Å². The van der Waals surface area contributed by atoms with Crippen LogP contribution in [-0.4, -0.2) is 37.6 Å². The number of rotatable bonds is 12. The van der Waals surface area contributed by atoms with E-state index in [4.69, 9.17) is 9.47 Å². The van der Waals surface area contributed by atoms with Crippen molar-refractivity contribution >= 4 is 12.1 Å². The molecule has 1 heterocycles. The van der Waals surface area contributed by atoms with Crippen molar-refractivity contribution in [2.75, 3.05) is 31.6 Å². The van der Waals surface area contributed by atoms with E-state index in [1.165, 1.54) is 34.4 Å². The van der Waals surface area contributed by atoms with Gasteiger partial charge in [0.15, 0.2) is 0 Å². The predicted octanol–water partition coefficient (Wildman–Crippen LogP) is 9.59. The first-order valence-corrected chi connectivity index (χ1v) is 16.5. The summed E-state index contributed by atoms with van der Waals surface area (Å²) in [7, 11) is 0. The van der Waals surface area contributed by atoms with E-state index in [0.717, 1.165) is 60.9 Å². The lowest BCUT2D eigenvalue weighted by Crippen LogP contribution is -2.23. The van der Waals surface area contributed by atoms with Gasteiger partial charge in [-0.3, -0.25) is 9.69 Å². The number of likely N-dealkylation sites (N-methyl/N-ethyl adjacent to an activating group) is 1. The van der Waals surface area contributed by atoms with Crippen LogP contribution in [0.4, 0.5) is 10.1 Å². The van der Waals surface area contributed by atoms with Crippen LogP contribution in [0.5, 0.6) is 11.5 Å². The van der Waals surface area contributed by atoms with E-state index in [2.05, 4.69) is 74.3 Å². The number of ether oxygens (including phenoxy) is 2. The van der Waals surface area contributed by atoms with Gasteiger partial charge in [0.2, 0.25) is 6.41 Å². The van der Waals surface area contributed by atoms with Gasteiger partial charge in [0, 0.05) is 18.3 Å². The molecule has 242 valence electrons. The average Bonchev–Trinajstić information content (AvgIpc) is 3.48. The third kappa shape index (κ3) is 9.82. The lowest BCUT2D eigenvalue weighted by Gasteiger charge is -2.23. The van der Waals surface area contributed by atoms with Crippen LogP contribution in [-0.2, 0) is 17.6 Å². The van der Waals surface area contributed by atoms with Crippen LogP contribution < -0.4 is 14.8 Å². The van der Waals surface area contributed by atoms with Crippen LogP contribution in [0.2, 0.25) is 0 Å². The van der Waals surface area contributed by atoms with Gasteiger partial charge in [-0.1, -0.05) is 59.7 Å². The molecule has 0 saturated carbocycles. The Balaban J connectivity index is 0.000000355. The molecule has 0 radical (unpaired) electrons. The summed E-state index contributed by atoms with van der Waals surface area (Å²) in [4.78, 5) is 13.0. The van der Waals surface area contributed by atoms with Crippen LogP contribution in [0.15, 0.2) is 48.5 Å². The minimum atomic E-state index is -0.241. The Morgan fingerprint density at radius 1 is 0.909 bits per heavy atom. The van der Waals surface area contributed by atoms with Crippen molar-refractivity contribution in [2.24, 2.45) is 0 Å². The van der Waals surface area contributed by atoms with Gasteiger partial charge in [-0.05, 0) is 123 Å². The van der Waals surface area contributed by atoms with E-state index < -0.39 is 0 Å². The van der Waals surface area contributed by atoms with E-state index in [1.807, 2.05) is 34.6 Å². The van der Waals surface area contributed by atoms with Gasteiger partial charge in [0.25, 0.3) is 0 Å². The van der Waals surface area contributed by atoms with E-state index in [9.17, 15) is 9.18 Å². The SMILES string of the molecule is CC.CCCOc1ccc(C2CC(c3cc(C)c(OCC)cc3C)CN2CC)cc1.CCc1cc(F)cc(CC)c1NC=O. The maximum absolute atomic E-state index is 13.1. The maximum Gasteiger partial charge on any atom is 0.211 e. The lowest BCUT2D eigenvalue weighted by molar-refractivity contribution is -0.105. The molecule has 0 bridgehead atoms. The average molecular weight is 607 g/mol. The Labute approximate surface area is 266 Å². The fourth-order valence-electron chi connectivity index (χ4n) is 5.92. The third-order valence-corrected chi connectivity index (χ3v) is 8.08. The molecule has 3 aromatic carbocycles. The number of carbonyl (C=O) groups is 1. The first-order chi connectivity index (χ1) is 21.3. The molecule has 0 aliphatic carbocycles. The van der Waals surface area contributed by atoms with Gasteiger partial charge in [-0.2, -0.15) is 0 Å². The number of halogens is 1. The van der Waals surface area contributed by atoms with Gasteiger partial charge >= 0.3 is 0 Å². The Morgan fingerprint density at radius 3 is 2.07 bits per heavy atom. The predicted molar refractivity (Wildman–Crippen MR) is 183 cm³/mol. The smallest absolute Gasteiger partial charge is 0.211 e. The van der Waals surface area contributed by atoms with Crippen molar-refractivity contribution in [3.63, 3.8) is 0 Å². The zero-order valence-electron chi connectivity index (χ0n) is 28.6. The molecule has 5 nitrogen and oxygen atoms in total. The summed E-state index contributed by atoms with van der Waals surface area (Å²) in [5, 5.41) is 2.63. The molecule has 1 aliphatic rings. The molecule has 1 saturated heterocycles. The van der Waals surface area contributed by atoms with E-state index in [-0.39, 0.29) is 5.82 Å². The summed E-state index contributed by atoms with van der Waals surface area (Å²) in [5.41, 5.74) is 7.90. The summed E-state index contributed by atoms with van der Waals surface area (Å²) in [5.74, 6) is 2.32. The number of hydrogen-bond donors (Lipinski definition) is 1. The number of nitrogens with zero attached hydrogens (tertiary/aromatic N) is 1. The molecule has 2 unspecified atom stereocenters. The zero-order chi connectivity index (χ0) is 32.6. The lowest BCUT2D eigenvalue weighted by atomic mass is 9.89. The summed E-state index contributed by atoms with van der Waals surface area (Å²) in [6.07, 6.45) is 4.25. The van der Waals surface area contributed by atoms with Crippen molar-refractivity contribution in [1.82, 2.24) is 4.90 Å². The molecular weight excluding hydrogens is 551 g/mol. The Morgan fingerprint density at radius 2 is 1.55 bits per heavy atom. The Kier molecular flexibility index (Phi) is 16.0. The van der Waals surface area contributed by atoms with E-state index in [1.54, 1.807) is 0 Å². The molecular formula is C38H55FN2O3. The Bertz CT molecular complexity index is 1270. The molecule has 4 rings (SSSR count). The Hall–Kier alpha value is -3.38. The minimum absolute atomic E-state index is 0.241. The van der Waals surface area contributed by atoms with Gasteiger partial charge in [-0.15, -0.1) is 0 Å². The van der Waals surface area contributed by atoms with Gasteiger partial charge < -0.3 is 14.8 Å². The van der Waals surface area contributed by atoms with Gasteiger partial charge in [0.1, 0.15) is 17.3 Å². The highest BCUT2D eigenvalue weighted by molar-refractivity contribution is 5.76. The van der Waals surface area contributed by atoms with Crippen molar-refractivity contribution in [1.29, 1.82) is 0 Å². The van der Waals surface area contributed by atoms with Crippen LogP contribution in [0.3, 0.4) is 0 Å². The van der Waals surface area contributed by atoms with E-state index in [0.29, 0.717) is 37.8 Å². The fourth-order valence-corrected chi connectivity index (χ4v) is 5.92. The molecule has 2 atom stereocenters.